The van der Waals surface area contributed by atoms with Gasteiger partial charge in [-0.25, -0.2) is 4.98 Å². The van der Waals surface area contributed by atoms with E-state index in [2.05, 4.69) is 4.98 Å². The lowest BCUT2D eigenvalue weighted by atomic mass is 9.78. The van der Waals surface area contributed by atoms with Gasteiger partial charge in [0, 0.05) is 32.3 Å². The van der Waals surface area contributed by atoms with Gasteiger partial charge in [-0.1, -0.05) is 0 Å². The Morgan fingerprint density at radius 3 is 2.88 bits per heavy atom. The molecule has 25 heavy (non-hydrogen) atoms. The number of nitrogens with zero attached hydrogens (tertiary/aromatic N) is 2. The predicted octanol–water partition coefficient (Wildman–Crippen LogP) is 0.955. The number of nitrogens with two attached hydrogens (primary N) is 1. The molecule has 2 fully saturated rings. The number of hydrogen-bond donors (Lipinski definition) is 2. The first kappa shape index (κ1) is 18.1. The van der Waals surface area contributed by atoms with Gasteiger partial charge in [0.1, 0.15) is 6.61 Å². The lowest BCUT2D eigenvalue weighted by Crippen LogP contribution is -2.54. The van der Waals surface area contributed by atoms with Crippen molar-refractivity contribution in [3.8, 4) is 5.75 Å². The van der Waals surface area contributed by atoms with Crippen molar-refractivity contribution in [1.82, 2.24) is 9.88 Å². The summed E-state index contributed by atoms with van der Waals surface area (Å²) in [7, 11) is 0. The van der Waals surface area contributed by atoms with Gasteiger partial charge in [-0.2, -0.15) is 0 Å². The predicted molar refractivity (Wildman–Crippen MR) is 92.5 cm³/mol. The van der Waals surface area contributed by atoms with Crippen LogP contribution in [0.25, 0.3) is 0 Å². The van der Waals surface area contributed by atoms with Crippen molar-refractivity contribution in [2.24, 2.45) is 5.73 Å². The molecule has 2 aliphatic heterocycles. The molecule has 1 aromatic heterocycles. The highest BCUT2D eigenvalue weighted by Gasteiger charge is 2.45. The van der Waals surface area contributed by atoms with Gasteiger partial charge in [0.2, 0.25) is 0 Å². The van der Waals surface area contributed by atoms with E-state index in [0.29, 0.717) is 57.1 Å². The van der Waals surface area contributed by atoms with Gasteiger partial charge >= 0.3 is 0 Å². The first-order valence-corrected chi connectivity index (χ1v) is 8.88. The zero-order valence-corrected chi connectivity index (χ0v) is 14.7. The number of aliphatic hydroxyl groups is 1. The number of likely N-dealkylation sites (tertiary alicyclic amines) is 1. The maximum absolute atomic E-state index is 12.8. The van der Waals surface area contributed by atoms with Crippen LogP contribution >= 0.6 is 0 Å². The molecule has 0 aliphatic carbocycles. The molecule has 2 saturated heterocycles. The molecule has 7 heteroatoms. The fraction of sp³-hybridized carbons (Fsp3) is 0.667. The Bertz CT molecular complexity index is 612. The van der Waals surface area contributed by atoms with Gasteiger partial charge in [-0.15, -0.1) is 0 Å². The van der Waals surface area contributed by atoms with E-state index in [0.717, 1.165) is 12.8 Å². The second kappa shape index (κ2) is 7.27. The minimum atomic E-state index is -0.686. The fourth-order valence-corrected chi connectivity index (χ4v) is 3.75. The monoisotopic (exact) mass is 349 g/mol. The molecule has 2 aliphatic rings. The van der Waals surface area contributed by atoms with Gasteiger partial charge < -0.3 is 25.2 Å². The first-order valence-electron chi connectivity index (χ1n) is 8.88. The molecule has 3 heterocycles. The molecule has 3 rings (SSSR count). The zero-order valence-electron chi connectivity index (χ0n) is 14.7. The van der Waals surface area contributed by atoms with Crippen LogP contribution in [-0.2, 0) is 4.74 Å². The van der Waals surface area contributed by atoms with Gasteiger partial charge in [0.15, 0.2) is 11.4 Å². The van der Waals surface area contributed by atoms with E-state index < -0.39 is 5.60 Å². The number of ether oxygens (including phenoxy) is 2. The van der Waals surface area contributed by atoms with E-state index in [1.807, 2.05) is 6.92 Å². The third-order valence-electron chi connectivity index (χ3n) is 5.06. The standard InChI is InChI=1S/C18H27N3O4/c1-17(23)6-11-25-18(13-17)4-9-21(10-5-18)16(22)15-14(24-12-7-19)3-2-8-20-15/h2-3,8,23H,4-7,9-13,19H2,1H3. The Labute approximate surface area is 148 Å². The van der Waals surface area contributed by atoms with Crippen LogP contribution in [0.15, 0.2) is 18.3 Å². The number of carbonyl (C=O) groups excluding carboxylic acids is 1. The Kier molecular flexibility index (Phi) is 5.27. The van der Waals surface area contributed by atoms with Crippen molar-refractivity contribution in [3.63, 3.8) is 0 Å². The van der Waals surface area contributed by atoms with Crippen molar-refractivity contribution in [2.75, 3.05) is 32.8 Å². The molecule has 0 aromatic carbocycles. The lowest BCUT2D eigenvalue weighted by molar-refractivity contribution is -0.170. The molecule has 1 unspecified atom stereocenters. The highest BCUT2D eigenvalue weighted by Crippen LogP contribution is 2.39. The highest BCUT2D eigenvalue weighted by atomic mass is 16.5. The number of piperidine rings is 1. The zero-order chi connectivity index (χ0) is 17.9. The summed E-state index contributed by atoms with van der Waals surface area (Å²) in [6, 6.07) is 3.48. The Hall–Kier alpha value is -1.70. The Morgan fingerprint density at radius 1 is 1.44 bits per heavy atom. The molecular weight excluding hydrogens is 322 g/mol. The van der Waals surface area contributed by atoms with Gasteiger partial charge in [0.25, 0.3) is 5.91 Å². The highest BCUT2D eigenvalue weighted by molar-refractivity contribution is 5.95. The first-order chi connectivity index (χ1) is 11.9. The number of hydrogen-bond acceptors (Lipinski definition) is 6. The minimum Gasteiger partial charge on any atom is -0.490 e. The quantitative estimate of drug-likeness (QED) is 0.840. The summed E-state index contributed by atoms with van der Waals surface area (Å²) in [5, 5.41) is 10.4. The van der Waals surface area contributed by atoms with E-state index in [4.69, 9.17) is 15.2 Å². The largest absolute Gasteiger partial charge is 0.490 e. The van der Waals surface area contributed by atoms with Crippen LogP contribution in [0.3, 0.4) is 0 Å². The number of aromatic nitrogens is 1. The maximum Gasteiger partial charge on any atom is 0.276 e. The molecular formula is C18H27N3O4. The Balaban J connectivity index is 1.66. The summed E-state index contributed by atoms with van der Waals surface area (Å²) >= 11 is 0. The second-order valence-corrected chi connectivity index (χ2v) is 7.23. The molecule has 1 aromatic rings. The Morgan fingerprint density at radius 2 is 2.20 bits per heavy atom. The molecule has 138 valence electrons. The van der Waals surface area contributed by atoms with Crippen LogP contribution in [0.2, 0.25) is 0 Å². The average molecular weight is 349 g/mol. The van der Waals surface area contributed by atoms with Crippen molar-refractivity contribution >= 4 is 5.91 Å². The minimum absolute atomic E-state index is 0.134. The fourth-order valence-electron chi connectivity index (χ4n) is 3.75. The van der Waals surface area contributed by atoms with E-state index >= 15 is 0 Å². The number of carbonyl (C=O) groups is 1. The second-order valence-electron chi connectivity index (χ2n) is 7.23. The van der Waals surface area contributed by atoms with Crippen molar-refractivity contribution < 1.29 is 19.4 Å². The summed E-state index contributed by atoms with van der Waals surface area (Å²) < 4.78 is 11.5. The third-order valence-corrected chi connectivity index (χ3v) is 5.06. The maximum atomic E-state index is 12.8. The molecule has 1 atom stereocenters. The van der Waals surface area contributed by atoms with Crippen LogP contribution in [0, 0.1) is 0 Å². The van der Waals surface area contributed by atoms with Crippen LogP contribution in [0.1, 0.15) is 43.1 Å². The molecule has 1 spiro atoms. The van der Waals surface area contributed by atoms with Crippen LogP contribution in [0.5, 0.6) is 5.75 Å². The molecule has 3 N–H and O–H groups in total. The molecule has 1 amide bonds. The molecule has 0 radical (unpaired) electrons. The van der Waals surface area contributed by atoms with Crippen LogP contribution in [-0.4, -0.2) is 64.9 Å². The lowest BCUT2D eigenvalue weighted by Gasteiger charge is -2.48. The van der Waals surface area contributed by atoms with Crippen molar-refractivity contribution in [3.05, 3.63) is 24.0 Å². The SMILES string of the molecule is CC1(O)CCOC2(CCN(C(=O)c3ncccc3OCCN)CC2)C1. The van der Waals surface area contributed by atoms with Gasteiger partial charge in [-0.05, 0) is 38.3 Å². The molecule has 0 saturated carbocycles. The smallest absolute Gasteiger partial charge is 0.276 e. The van der Waals surface area contributed by atoms with Gasteiger partial charge in [-0.3, -0.25) is 4.79 Å². The third kappa shape index (κ3) is 4.11. The number of rotatable bonds is 4. The number of amides is 1. The summed E-state index contributed by atoms with van der Waals surface area (Å²) in [4.78, 5) is 18.8. The van der Waals surface area contributed by atoms with E-state index in [-0.39, 0.29) is 11.5 Å². The van der Waals surface area contributed by atoms with Crippen molar-refractivity contribution in [1.29, 1.82) is 0 Å². The van der Waals surface area contributed by atoms with Gasteiger partial charge in [0.05, 0.1) is 17.8 Å². The summed E-state index contributed by atoms with van der Waals surface area (Å²) in [5.74, 6) is 0.333. The summed E-state index contributed by atoms with van der Waals surface area (Å²) in [6.45, 7) is 4.33. The topological polar surface area (TPSA) is 97.9 Å². The van der Waals surface area contributed by atoms with Crippen LogP contribution in [0.4, 0.5) is 0 Å². The van der Waals surface area contributed by atoms with E-state index in [1.165, 1.54) is 0 Å². The summed E-state index contributed by atoms with van der Waals surface area (Å²) in [6.07, 6.45) is 4.32. The average Bonchev–Trinajstić information content (AvgIpc) is 2.59. The molecule has 7 nitrogen and oxygen atoms in total. The van der Waals surface area contributed by atoms with Crippen LogP contribution < -0.4 is 10.5 Å². The normalized spacial score (nSPS) is 25.8. The van der Waals surface area contributed by atoms with Crippen molar-refractivity contribution in [2.45, 2.75) is 43.8 Å². The van der Waals surface area contributed by atoms with E-state index in [9.17, 15) is 9.90 Å². The van der Waals surface area contributed by atoms with E-state index in [1.54, 1.807) is 23.2 Å². The molecule has 0 bridgehead atoms. The number of pyridine rings is 1. The summed E-state index contributed by atoms with van der Waals surface area (Å²) in [5.41, 5.74) is 4.79.